The average Bonchev–Trinajstić information content (AvgIpc) is 3.08. The van der Waals surface area contributed by atoms with E-state index in [0.29, 0.717) is 6.04 Å². The van der Waals surface area contributed by atoms with Crippen molar-refractivity contribution in [1.82, 2.24) is 4.90 Å². The van der Waals surface area contributed by atoms with Gasteiger partial charge in [0.1, 0.15) is 0 Å². The molecule has 3 heterocycles. The minimum Gasteiger partial charge on any atom is -0.365 e. The number of amides is 1. The maximum absolute atomic E-state index is 12.5. The summed E-state index contributed by atoms with van der Waals surface area (Å²) in [6, 6.07) is 13.0. The predicted octanol–water partition coefficient (Wildman–Crippen LogP) is 3.03. The zero-order chi connectivity index (χ0) is 14.2. The normalized spacial score (nSPS) is 20.9. The maximum atomic E-state index is 12.5. The number of piperazine rings is 1. The summed E-state index contributed by atoms with van der Waals surface area (Å²) in [7, 11) is 0. The molecule has 1 aromatic carbocycles. The van der Waals surface area contributed by atoms with Gasteiger partial charge < -0.3 is 9.80 Å². The van der Waals surface area contributed by atoms with Crippen LogP contribution in [0, 0.1) is 0 Å². The lowest BCUT2D eigenvalue weighted by molar-refractivity contribution is 0.0722. The lowest BCUT2D eigenvalue weighted by atomic mass is 9.94. The van der Waals surface area contributed by atoms with Gasteiger partial charge in [0.05, 0.1) is 4.88 Å². The molecule has 0 bridgehead atoms. The van der Waals surface area contributed by atoms with Crippen LogP contribution < -0.4 is 4.90 Å². The summed E-state index contributed by atoms with van der Waals surface area (Å²) >= 11 is 1.54. The highest BCUT2D eigenvalue weighted by molar-refractivity contribution is 7.12. The molecule has 4 rings (SSSR count). The quantitative estimate of drug-likeness (QED) is 0.808. The van der Waals surface area contributed by atoms with E-state index in [0.717, 1.165) is 37.4 Å². The second-order valence-corrected chi connectivity index (χ2v) is 6.69. The molecule has 1 unspecified atom stereocenters. The van der Waals surface area contributed by atoms with E-state index in [1.54, 1.807) is 0 Å². The number of hydrogen-bond donors (Lipinski definition) is 0. The van der Waals surface area contributed by atoms with Crippen molar-refractivity contribution >= 4 is 22.9 Å². The van der Waals surface area contributed by atoms with Gasteiger partial charge in [-0.3, -0.25) is 4.79 Å². The minimum absolute atomic E-state index is 0.198. The van der Waals surface area contributed by atoms with E-state index in [2.05, 4.69) is 29.2 Å². The maximum Gasteiger partial charge on any atom is 0.264 e. The van der Waals surface area contributed by atoms with Gasteiger partial charge in [0.25, 0.3) is 5.91 Å². The van der Waals surface area contributed by atoms with Crippen LogP contribution in [-0.4, -0.2) is 36.5 Å². The first-order valence-corrected chi connectivity index (χ1v) is 8.38. The Morgan fingerprint density at radius 1 is 1.14 bits per heavy atom. The van der Waals surface area contributed by atoms with Crippen LogP contribution in [0.1, 0.15) is 21.7 Å². The van der Waals surface area contributed by atoms with Crippen LogP contribution in [0.3, 0.4) is 0 Å². The molecule has 4 heteroatoms. The number of hydrogen-bond acceptors (Lipinski definition) is 3. The molecule has 0 aliphatic carbocycles. The van der Waals surface area contributed by atoms with Gasteiger partial charge in [0.2, 0.25) is 0 Å². The molecule has 2 aliphatic heterocycles. The number of fused-ring (bicyclic) bond motifs is 3. The third kappa shape index (κ3) is 2.23. The standard InChI is InChI=1S/C17H18N2OS/c20-17(16-6-3-11-21-16)18-9-10-19-14(12-18)8-7-13-4-1-2-5-15(13)19/h1-6,11,14H,7-10,12H2. The molecule has 21 heavy (non-hydrogen) atoms. The van der Waals surface area contributed by atoms with Crippen molar-refractivity contribution in [3.63, 3.8) is 0 Å². The smallest absolute Gasteiger partial charge is 0.264 e. The molecule has 1 atom stereocenters. The van der Waals surface area contributed by atoms with E-state index >= 15 is 0 Å². The van der Waals surface area contributed by atoms with E-state index in [-0.39, 0.29) is 5.91 Å². The van der Waals surface area contributed by atoms with E-state index in [4.69, 9.17) is 0 Å². The molecule has 1 amide bonds. The molecule has 0 radical (unpaired) electrons. The molecule has 0 spiro atoms. The summed E-state index contributed by atoms with van der Waals surface area (Å²) in [4.78, 5) is 17.9. The fourth-order valence-electron chi connectivity index (χ4n) is 3.48. The lowest BCUT2D eigenvalue weighted by Crippen LogP contribution is -2.56. The van der Waals surface area contributed by atoms with Gasteiger partial charge in [-0.05, 0) is 35.9 Å². The molecular formula is C17H18N2OS. The van der Waals surface area contributed by atoms with Crippen molar-refractivity contribution in [2.45, 2.75) is 18.9 Å². The monoisotopic (exact) mass is 298 g/mol. The van der Waals surface area contributed by atoms with Gasteiger partial charge in [0, 0.05) is 31.4 Å². The largest absolute Gasteiger partial charge is 0.365 e. The van der Waals surface area contributed by atoms with Crippen LogP contribution in [0.25, 0.3) is 0 Å². The van der Waals surface area contributed by atoms with Gasteiger partial charge in [-0.1, -0.05) is 24.3 Å². The molecule has 1 fully saturated rings. The highest BCUT2D eigenvalue weighted by Gasteiger charge is 2.33. The molecule has 2 aliphatic rings. The second-order valence-electron chi connectivity index (χ2n) is 5.74. The molecule has 3 nitrogen and oxygen atoms in total. The number of carbonyl (C=O) groups is 1. The van der Waals surface area contributed by atoms with Crippen LogP contribution in [-0.2, 0) is 6.42 Å². The van der Waals surface area contributed by atoms with Crippen molar-refractivity contribution in [3.05, 3.63) is 52.2 Å². The highest BCUT2D eigenvalue weighted by atomic mass is 32.1. The number of para-hydroxylation sites is 1. The summed E-state index contributed by atoms with van der Waals surface area (Å²) in [5.41, 5.74) is 2.82. The fourth-order valence-corrected chi connectivity index (χ4v) is 4.18. The van der Waals surface area contributed by atoms with Crippen molar-refractivity contribution < 1.29 is 4.79 Å². The third-order valence-corrected chi connectivity index (χ3v) is 5.41. The first-order valence-electron chi connectivity index (χ1n) is 7.50. The topological polar surface area (TPSA) is 23.6 Å². The Bertz CT molecular complexity index is 653. The Kier molecular flexibility index (Phi) is 3.19. The van der Waals surface area contributed by atoms with Gasteiger partial charge in [-0.15, -0.1) is 11.3 Å². The zero-order valence-electron chi connectivity index (χ0n) is 11.9. The van der Waals surface area contributed by atoms with Crippen molar-refractivity contribution in [1.29, 1.82) is 0 Å². The van der Waals surface area contributed by atoms with Crippen molar-refractivity contribution in [3.8, 4) is 0 Å². The minimum atomic E-state index is 0.198. The zero-order valence-corrected chi connectivity index (χ0v) is 12.7. The Hall–Kier alpha value is -1.81. The second kappa shape index (κ2) is 5.19. The Morgan fingerprint density at radius 2 is 2.05 bits per heavy atom. The van der Waals surface area contributed by atoms with Crippen LogP contribution in [0.5, 0.6) is 0 Å². The number of anilines is 1. The number of nitrogens with zero attached hydrogens (tertiary/aromatic N) is 2. The van der Waals surface area contributed by atoms with E-state index in [9.17, 15) is 4.79 Å². The van der Waals surface area contributed by atoms with E-state index in [1.165, 1.54) is 22.6 Å². The first-order chi connectivity index (χ1) is 10.3. The molecule has 1 aromatic heterocycles. The molecular weight excluding hydrogens is 280 g/mol. The summed E-state index contributed by atoms with van der Waals surface area (Å²) < 4.78 is 0. The first kappa shape index (κ1) is 12.9. The summed E-state index contributed by atoms with van der Waals surface area (Å²) in [5.74, 6) is 0.198. The number of aryl methyl sites for hydroxylation is 1. The number of thiophene rings is 1. The predicted molar refractivity (Wildman–Crippen MR) is 86.1 cm³/mol. The molecule has 108 valence electrons. The lowest BCUT2D eigenvalue weighted by Gasteiger charge is -2.46. The van der Waals surface area contributed by atoms with Gasteiger partial charge in [0.15, 0.2) is 0 Å². The van der Waals surface area contributed by atoms with Crippen LogP contribution in [0.2, 0.25) is 0 Å². The van der Waals surface area contributed by atoms with Gasteiger partial charge >= 0.3 is 0 Å². The average molecular weight is 298 g/mol. The Balaban J connectivity index is 1.54. The number of benzene rings is 1. The fraction of sp³-hybridized carbons (Fsp3) is 0.353. The van der Waals surface area contributed by atoms with Gasteiger partial charge in [-0.2, -0.15) is 0 Å². The molecule has 0 saturated carbocycles. The van der Waals surface area contributed by atoms with Crippen molar-refractivity contribution in [2.24, 2.45) is 0 Å². The van der Waals surface area contributed by atoms with Crippen LogP contribution in [0.15, 0.2) is 41.8 Å². The van der Waals surface area contributed by atoms with Gasteiger partial charge in [-0.25, -0.2) is 0 Å². The SMILES string of the molecule is O=C(c1cccs1)N1CCN2c3ccccc3CCC2C1. The number of carbonyl (C=O) groups excluding carboxylic acids is 1. The summed E-state index contributed by atoms with van der Waals surface area (Å²) in [5, 5.41) is 1.97. The summed E-state index contributed by atoms with van der Waals surface area (Å²) in [6.45, 7) is 2.62. The van der Waals surface area contributed by atoms with E-state index < -0.39 is 0 Å². The van der Waals surface area contributed by atoms with Crippen LogP contribution in [0.4, 0.5) is 5.69 Å². The molecule has 2 aromatic rings. The Labute approximate surface area is 128 Å². The highest BCUT2D eigenvalue weighted by Crippen LogP contribution is 2.32. The summed E-state index contributed by atoms with van der Waals surface area (Å²) in [6.07, 6.45) is 2.27. The van der Waals surface area contributed by atoms with Crippen molar-refractivity contribution in [2.75, 3.05) is 24.5 Å². The third-order valence-electron chi connectivity index (χ3n) is 4.55. The number of rotatable bonds is 1. The Morgan fingerprint density at radius 3 is 2.90 bits per heavy atom. The molecule has 1 saturated heterocycles. The molecule has 0 N–H and O–H groups in total. The van der Waals surface area contributed by atoms with Crippen LogP contribution >= 0.6 is 11.3 Å². The van der Waals surface area contributed by atoms with E-state index in [1.807, 2.05) is 22.4 Å².